The van der Waals surface area contributed by atoms with Crippen molar-refractivity contribution in [3.63, 3.8) is 0 Å². The average molecular weight is 800 g/mol. The first-order valence-corrected chi connectivity index (χ1v) is 35.4. The van der Waals surface area contributed by atoms with Gasteiger partial charge in [-0.25, -0.2) is 0 Å². The van der Waals surface area contributed by atoms with Gasteiger partial charge in [-0.1, -0.05) is 0 Å². The van der Waals surface area contributed by atoms with E-state index in [1.165, 1.54) is 66.8 Å². The second-order valence-electron chi connectivity index (χ2n) is 16.9. The molecule has 0 fully saturated rings. The van der Waals surface area contributed by atoms with Gasteiger partial charge in [-0.05, 0) is 0 Å². The Hall–Kier alpha value is -1.96. The van der Waals surface area contributed by atoms with Crippen LogP contribution >= 0.6 is 17.0 Å². The third-order valence-electron chi connectivity index (χ3n) is 12.1. The van der Waals surface area contributed by atoms with E-state index in [9.17, 15) is 0 Å². The molecule has 6 rings (SSSR count). The molecule has 0 aliphatic heterocycles. The molecule has 0 saturated heterocycles. The molecule has 0 radical (unpaired) electrons. The van der Waals surface area contributed by atoms with Gasteiger partial charge in [0, 0.05) is 0 Å². The van der Waals surface area contributed by atoms with E-state index < -0.39 is 21.5 Å². The molecule has 50 heavy (non-hydrogen) atoms. The van der Waals surface area contributed by atoms with Gasteiger partial charge >= 0.3 is 315 Å². The van der Waals surface area contributed by atoms with Gasteiger partial charge in [0.25, 0.3) is 0 Å². The Morgan fingerprint density at radius 3 is 1.70 bits per heavy atom. The Morgan fingerprint density at radius 1 is 0.700 bits per heavy atom. The predicted octanol–water partition coefficient (Wildman–Crippen LogP) is 14.8. The van der Waals surface area contributed by atoms with E-state index in [0.717, 1.165) is 19.3 Å². The Kier molecular flexibility index (Phi) is 10.7. The van der Waals surface area contributed by atoms with Crippen molar-refractivity contribution in [1.29, 1.82) is 0 Å². The van der Waals surface area contributed by atoms with Crippen LogP contribution in [0.1, 0.15) is 121 Å². The third kappa shape index (κ3) is 6.37. The molecular weight excluding hydrogens is 743 g/mol. The van der Waals surface area contributed by atoms with Crippen molar-refractivity contribution >= 4 is 35.1 Å². The summed E-state index contributed by atoms with van der Waals surface area (Å²) < 4.78 is 0.195. The zero-order valence-electron chi connectivity index (χ0n) is 32.0. The van der Waals surface area contributed by atoms with Crippen molar-refractivity contribution < 1.29 is 15.6 Å². The van der Waals surface area contributed by atoms with E-state index in [1.807, 2.05) is 0 Å². The van der Waals surface area contributed by atoms with Crippen LogP contribution in [0.5, 0.6) is 0 Å². The molecule has 0 N–H and O–H groups in total. The number of halogens is 2. The summed E-state index contributed by atoms with van der Waals surface area (Å²) in [6, 6.07) is 32.3. The number of allylic oxidation sites excluding steroid dienone is 2. The van der Waals surface area contributed by atoms with Gasteiger partial charge < -0.3 is 0 Å². The second-order valence-corrected chi connectivity index (χ2v) is 59.4. The van der Waals surface area contributed by atoms with Gasteiger partial charge in [0.05, 0.1) is 0 Å². The van der Waals surface area contributed by atoms with Crippen molar-refractivity contribution in [3.8, 4) is 22.3 Å². The molecule has 0 aromatic heterocycles. The van der Waals surface area contributed by atoms with E-state index >= 15 is 0 Å². The summed E-state index contributed by atoms with van der Waals surface area (Å²) in [5.74, 6) is -0.737. The molecule has 4 aromatic rings. The Morgan fingerprint density at radius 2 is 1.22 bits per heavy atom. The van der Waals surface area contributed by atoms with E-state index in [-0.39, 0.29) is 12.7 Å². The summed E-state index contributed by atoms with van der Waals surface area (Å²) in [4.78, 5) is 0. The summed E-state index contributed by atoms with van der Waals surface area (Å²) >= 11 is -4.88. The van der Waals surface area contributed by atoms with Crippen molar-refractivity contribution in [2.45, 2.75) is 106 Å². The van der Waals surface area contributed by atoms with Crippen LogP contribution in [0.4, 0.5) is 0 Å². The Bertz CT molecular complexity index is 1940. The molecule has 0 nitrogen and oxygen atoms in total. The number of benzene rings is 4. The SMILES string of the molecule is CCCC(C)C1=Cc2c(-c3ccc(C(C)(C)C)cc3)cccc2[CH]1[Zr]([Cl])([Cl])([CH]1C(CC)=Cc2c(-c3ccc(C(C)C)cc3)cccc21)[SiH](C)C. The number of rotatable bonds is 10. The molecule has 0 heterocycles. The van der Waals surface area contributed by atoms with E-state index in [1.54, 1.807) is 0 Å². The van der Waals surface area contributed by atoms with Gasteiger partial charge in [0.2, 0.25) is 0 Å². The van der Waals surface area contributed by atoms with Crippen LogP contribution in [0.15, 0.2) is 96.1 Å². The van der Waals surface area contributed by atoms with Gasteiger partial charge in [-0.3, -0.25) is 0 Å². The van der Waals surface area contributed by atoms with Crippen molar-refractivity contribution in [1.82, 2.24) is 0 Å². The summed E-state index contributed by atoms with van der Waals surface area (Å²) in [7, 11) is 17.6. The Balaban J connectivity index is 1.56. The molecule has 4 aromatic carbocycles. The van der Waals surface area contributed by atoms with Crippen LogP contribution in [-0.2, 0) is 21.0 Å². The molecular formula is C46H57Cl2SiZr. The number of fused-ring (bicyclic) bond motifs is 2. The van der Waals surface area contributed by atoms with Gasteiger partial charge in [-0.15, -0.1) is 0 Å². The molecule has 3 atom stereocenters. The van der Waals surface area contributed by atoms with Crippen molar-refractivity contribution in [3.05, 3.63) is 129 Å². The summed E-state index contributed by atoms with van der Waals surface area (Å²) in [5.41, 5.74) is 16.3. The number of hydrogen-bond acceptors (Lipinski definition) is 0. The van der Waals surface area contributed by atoms with Crippen molar-refractivity contribution in [2.75, 3.05) is 0 Å². The fourth-order valence-electron chi connectivity index (χ4n) is 9.02. The van der Waals surface area contributed by atoms with Crippen LogP contribution in [0, 0.1) is 5.92 Å². The second kappa shape index (κ2) is 14.1. The minimum atomic E-state index is -4.88. The van der Waals surface area contributed by atoms with Crippen LogP contribution in [0.2, 0.25) is 13.1 Å². The zero-order chi connectivity index (χ0) is 36.2. The number of hydrogen-bond donors (Lipinski definition) is 0. The van der Waals surface area contributed by atoms with E-state index in [0.29, 0.717) is 11.8 Å². The topological polar surface area (TPSA) is 0 Å². The quantitative estimate of drug-likeness (QED) is 0.140. The van der Waals surface area contributed by atoms with E-state index in [4.69, 9.17) is 17.0 Å². The molecule has 0 bridgehead atoms. The molecule has 3 unspecified atom stereocenters. The molecule has 0 saturated carbocycles. The minimum absolute atomic E-state index is 0.0941. The van der Waals surface area contributed by atoms with Gasteiger partial charge in [0.1, 0.15) is 0 Å². The van der Waals surface area contributed by atoms with Crippen molar-refractivity contribution in [2.24, 2.45) is 5.92 Å². The first-order valence-electron chi connectivity index (χ1n) is 19.1. The third-order valence-corrected chi connectivity index (χ3v) is 63.9. The summed E-state index contributed by atoms with van der Waals surface area (Å²) in [6.07, 6.45) is 8.27. The maximum absolute atomic E-state index is 8.79. The van der Waals surface area contributed by atoms with Gasteiger partial charge in [-0.2, -0.15) is 0 Å². The zero-order valence-corrected chi connectivity index (χ0v) is 37.1. The fraction of sp³-hybridized carbons (Fsp3) is 0.391. The standard InChI is InChI=1S/C24H29.C20H21.C2H7Si.2ClH.Zr/c1-6-8-17(2)20-15-19-9-7-10-22(23(19)16-20)18-11-13-21(14-12-18)24(3,4)5;1-4-15-12-18-6-5-7-19(20(18)13-15)17-10-8-16(9-11-17)14(2)3;1-3-2;;;/h7,9-17H,6,8H2,1-5H3;5-14H,4H2,1-3H3;3H,1-2H3;2*1H;/q;;;;;+2/p-2. The monoisotopic (exact) mass is 797 g/mol. The molecule has 0 spiro atoms. The van der Waals surface area contributed by atoms with Crippen LogP contribution in [-0.4, -0.2) is 5.92 Å². The molecule has 2 aliphatic carbocycles. The summed E-state index contributed by atoms with van der Waals surface area (Å²) in [6.45, 7) is 23.4. The van der Waals surface area contributed by atoms with Crippen LogP contribution < -0.4 is 0 Å². The summed E-state index contributed by atoms with van der Waals surface area (Å²) in [5, 5.41) is 0. The average Bonchev–Trinajstić information content (AvgIpc) is 3.69. The fourth-order valence-corrected chi connectivity index (χ4v) is 40.5. The molecule has 4 heteroatoms. The van der Waals surface area contributed by atoms with E-state index in [2.05, 4.69) is 166 Å². The first-order chi connectivity index (χ1) is 23.6. The Labute approximate surface area is 312 Å². The normalized spacial score (nSPS) is 18.8. The molecule has 263 valence electrons. The molecule has 2 aliphatic rings. The van der Waals surface area contributed by atoms with Crippen LogP contribution in [0.25, 0.3) is 34.4 Å². The van der Waals surface area contributed by atoms with Crippen LogP contribution in [0.3, 0.4) is 0 Å². The predicted molar refractivity (Wildman–Crippen MR) is 223 cm³/mol. The van der Waals surface area contributed by atoms with Gasteiger partial charge in [0.15, 0.2) is 0 Å². The molecule has 0 amide bonds. The maximum atomic E-state index is 8.79. The first kappa shape index (κ1) is 37.8.